The molecule has 19 heavy (non-hydrogen) atoms. The summed E-state index contributed by atoms with van der Waals surface area (Å²) < 4.78 is 0. The van der Waals surface area contributed by atoms with Crippen molar-refractivity contribution in [3.05, 3.63) is 33.9 Å². The van der Waals surface area contributed by atoms with Crippen LogP contribution in [-0.2, 0) is 4.79 Å². The van der Waals surface area contributed by atoms with Crippen LogP contribution in [0.15, 0.2) is 18.2 Å². The number of nitro groups is 1. The maximum atomic E-state index is 11.7. The molecular formula is C12H14N4O3. The molecule has 0 fully saturated rings. The molecule has 1 aromatic rings. The van der Waals surface area contributed by atoms with Crippen LogP contribution in [0.25, 0.3) is 0 Å². The molecule has 0 bridgehead atoms. The van der Waals surface area contributed by atoms with Gasteiger partial charge in [0.05, 0.1) is 22.2 Å². The predicted octanol–water partition coefficient (Wildman–Crippen LogP) is 1.53. The number of anilines is 1. The average molecular weight is 262 g/mol. The van der Waals surface area contributed by atoms with Crippen molar-refractivity contribution in [3.63, 3.8) is 0 Å². The third-order valence-corrected chi connectivity index (χ3v) is 2.53. The molecule has 0 aromatic heterocycles. The van der Waals surface area contributed by atoms with Crippen molar-refractivity contribution in [2.75, 3.05) is 5.32 Å². The molecule has 0 aliphatic carbocycles. The molecule has 3 N–H and O–H groups in total. The zero-order chi connectivity index (χ0) is 14.4. The molecule has 0 heterocycles. The van der Waals surface area contributed by atoms with E-state index in [4.69, 9.17) is 11.0 Å². The fraction of sp³-hybridized carbons (Fsp3) is 0.333. The summed E-state index contributed by atoms with van der Waals surface area (Å²) >= 11 is 0. The zero-order valence-corrected chi connectivity index (χ0v) is 10.4. The number of hydrogen-bond donors (Lipinski definition) is 2. The molecule has 0 radical (unpaired) electrons. The van der Waals surface area contributed by atoms with Crippen LogP contribution in [0.2, 0.25) is 0 Å². The first-order valence-electron chi connectivity index (χ1n) is 5.74. The minimum absolute atomic E-state index is 0.0336. The molecule has 100 valence electrons. The van der Waals surface area contributed by atoms with Crippen molar-refractivity contribution in [1.82, 2.24) is 0 Å². The standard InChI is InChI=1S/C12H14N4O3/c1-2-3-10(14)12(17)15-11-5-4-9(16(18)19)6-8(11)7-13/h4-6,10H,2-3,14H2,1H3,(H,15,17)/t10-/m0/s1. The van der Waals surface area contributed by atoms with Gasteiger partial charge in [-0.25, -0.2) is 0 Å². The van der Waals surface area contributed by atoms with E-state index in [2.05, 4.69) is 5.32 Å². The summed E-state index contributed by atoms with van der Waals surface area (Å²) in [4.78, 5) is 21.7. The molecule has 7 nitrogen and oxygen atoms in total. The number of nitriles is 1. The molecular weight excluding hydrogens is 248 g/mol. The first-order valence-corrected chi connectivity index (χ1v) is 5.74. The van der Waals surface area contributed by atoms with E-state index in [9.17, 15) is 14.9 Å². The van der Waals surface area contributed by atoms with Gasteiger partial charge < -0.3 is 11.1 Å². The normalized spacial score (nSPS) is 11.4. The van der Waals surface area contributed by atoms with E-state index in [1.165, 1.54) is 12.1 Å². The predicted molar refractivity (Wildman–Crippen MR) is 69.3 cm³/mol. The molecule has 0 spiro atoms. The maximum Gasteiger partial charge on any atom is 0.270 e. The first kappa shape index (κ1) is 14.6. The van der Waals surface area contributed by atoms with Gasteiger partial charge in [-0.1, -0.05) is 13.3 Å². The van der Waals surface area contributed by atoms with Gasteiger partial charge in [-0.2, -0.15) is 5.26 Å². The molecule has 7 heteroatoms. The fourth-order valence-electron chi connectivity index (χ4n) is 1.51. The van der Waals surface area contributed by atoms with Crippen molar-refractivity contribution in [3.8, 4) is 6.07 Å². The number of nitrogens with two attached hydrogens (primary N) is 1. The highest BCUT2D eigenvalue weighted by Crippen LogP contribution is 2.21. The van der Waals surface area contributed by atoms with Gasteiger partial charge in [-0.3, -0.25) is 14.9 Å². The molecule has 0 saturated carbocycles. The monoisotopic (exact) mass is 262 g/mol. The van der Waals surface area contributed by atoms with Crippen LogP contribution in [0.3, 0.4) is 0 Å². The Morgan fingerprint density at radius 3 is 2.84 bits per heavy atom. The molecule has 0 aliphatic rings. The Morgan fingerprint density at radius 2 is 2.32 bits per heavy atom. The van der Waals surface area contributed by atoms with Crippen molar-refractivity contribution < 1.29 is 9.72 Å². The van der Waals surface area contributed by atoms with Crippen LogP contribution in [0.5, 0.6) is 0 Å². The summed E-state index contributed by atoms with van der Waals surface area (Å²) in [7, 11) is 0. The maximum absolute atomic E-state index is 11.7. The minimum atomic E-state index is -0.660. The van der Waals surface area contributed by atoms with Gasteiger partial charge in [0, 0.05) is 12.1 Å². The van der Waals surface area contributed by atoms with Crippen LogP contribution in [-0.4, -0.2) is 16.9 Å². The summed E-state index contributed by atoms with van der Waals surface area (Å²) in [6.07, 6.45) is 1.29. The number of nitrogens with zero attached hydrogens (tertiary/aromatic N) is 2. The molecule has 0 saturated heterocycles. The SMILES string of the molecule is CCC[C@H](N)C(=O)Nc1ccc([N+](=O)[O-])cc1C#N. The quantitative estimate of drug-likeness (QED) is 0.615. The third kappa shape index (κ3) is 3.76. The Balaban J connectivity index is 2.93. The van der Waals surface area contributed by atoms with Crippen LogP contribution in [0, 0.1) is 21.4 Å². The average Bonchev–Trinajstić information content (AvgIpc) is 2.39. The highest BCUT2D eigenvalue weighted by molar-refractivity contribution is 5.95. The lowest BCUT2D eigenvalue weighted by Crippen LogP contribution is -2.35. The Kier molecular flexibility index (Phi) is 4.97. The second-order valence-corrected chi connectivity index (χ2v) is 3.98. The number of rotatable bonds is 5. The smallest absolute Gasteiger partial charge is 0.270 e. The van der Waals surface area contributed by atoms with Gasteiger partial charge in [-0.15, -0.1) is 0 Å². The second-order valence-electron chi connectivity index (χ2n) is 3.98. The topological polar surface area (TPSA) is 122 Å². The van der Waals surface area contributed by atoms with Crippen molar-refractivity contribution in [1.29, 1.82) is 5.26 Å². The van der Waals surface area contributed by atoms with Crippen LogP contribution in [0.4, 0.5) is 11.4 Å². The van der Waals surface area contributed by atoms with Crippen LogP contribution >= 0.6 is 0 Å². The molecule has 0 aliphatic heterocycles. The van der Waals surface area contributed by atoms with E-state index < -0.39 is 16.9 Å². The van der Waals surface area contributed by atoms with E-state index in [0.717, 1.165) is 12.5 Å². The van der Waals surface area contributed by atoms with Gasteiger partial charge in [0.1, 0.15) is 6.07 Å². The molecule has 1 aromatic carbocycles. The Morgan fingerprint density at radius 1 is 1.63 bits per heavy atom. The number of hydrogen-bond acceptors (Lipinski definition) is 5. The van der Waals surface area contributed by atoms with Crippen molar-refractivity contribution in [2.24, 2.45) is 5.73 Å². The van der Waals surface area contributed by atoms with Gasteiger partial charge >= 0.3 is 0 Å². The number of nitrogens with one attached hydrogen (secondary N) is 1. The highest BCUT2D eigenvalue weighted by Gasteiger charge is 2.16. The van der Waals surface area contributed by atoms with Crippen LogP contribution in [0.1, 0.15) is 25.3 Å². The second kappa shape index (κ2) is 6.47. The third-order valence-electron chi connectivity index (χ3n) is 2.53. The minimum Gasteiger partial charge on any atom is -0.324 e. The van der Waals surface area contributed by atoms with E-state index in [1.54, 1.807) is 0 Å². The van der Waals surface area contributed by atoms with Crippen LogP contribution < -0.4 is 11.1 Å². The van der Waals surface area contributed by atoms with Gasteiger partial charge in [0.25, 0.3) is 5.69 Å². The van der Waals surface area contributed by atoms with Crippen molar-refractivity contribution in [2.45, 2.75) is 25.8 Å². The number of benzene rings is 1. The van der Waals surface area contributed by atoms with E-state index in [1.807, 2.05) is 13.0 Å². The lowest BCUT2D eigenvalue weighted by molar-refractivity contribution is -0.384. The summed E-state index contributed by atoms with van der Waals surface area (Å²) in [5.74, 6) is -0.410. The summed E-state index contributed by atoms with van der Waals surface area (Å²) in [5, 5.41) is 22.0. The molecule has 0 unspecified atom stereocenters. The lowest BCUT2D eigenvalue weighted by Gasteiger charge is -2.11. The fourth-order valence-corrected chi connectivity index (χ4v) is 1.51. The van der Waals surface area contributed by atoms with Crippen molar-refractivity contribution >= 4 is 17.3 Å². The number of nitro benzene ring substituents is 1. The van der Waals surface area contributed by atoms with Gasteiger partial charge in [0.2, 0.25) is 5.91 Å². The highest BCUT2D eigenvalue weighted by atomic mass is 16.6. The van der Waals surface area contributed by atoms with Gasteiger partial charge in [-0.05, 0) is 12.5 Å². The number of carbonyl (C=O) groups is 1. The number of carbonyl (C=O) groups excluding carboxylic acids is 1. The Labute approximate surface area is 110 Å². The zero-order valence-electron chi connectivity index (χ0n) is 10.4. The molecule has 1 amide bonds. The lowest BCUT2D eigenvalue weighted by atomic mass is 10.1. The largest absolute Gasteiger partial charge is 0.324 e. The van der Waals surface area contributed by atoms with E-state index in [-0.39, 0.29) is 16.9 Å². The first-order chi connectivity index (χ1) is 8.99. The number of non-ortho nitro benzene ring substituents is 1. The Bertz CT molecular complexity index is 536. The molecule has 1 rings (SSSR count). The number of amides is 1. The summed E-state index contributed by atoms with van der Waals surface area (Å²) in [6.45, 7) is 1.90. The Hall–Kier alpha value is -2.46. The summed E-state index contributed by atoms with van der Waals surface area (Å²) in [5.41, 5.74) is 5.70. The summed E-state index contributed by atoms with van der Waals surface area (Å²) in [6, 6.07) is 4.81. The van der Waals surface area contributed by atoms with E-state index in [0.29, 0.717) is 6.42 Å². The molecule has 1 atom stereocenters. The van der Waals surface area contributed by atoms with E-state index >= 15 is 0 Å². The van der Waals surface area contributed by atoms with Gasteiger partial charge in [0.15, 0.2) is 0 Å².